The molecule has 2 aromatic carbocycles. The molecule has 3 N–H and O–H groups in total. The highest BCUT2D eigenvalue weighted by Crippen LogP contribution is 2.33. The Balaban J connectivity index is 1.49. The standard InChI is InChI=1S/C35H43N3O2/c1-5-11-28(36)14-7-6-10-21-37-34(39)33-23-26-15-18-30(40-29-19-16-27(17-20-29)35(2,3)4)24-31(26)32(38-33)22-25-12-8-9-13-25/h5,7,11,14-20,23-25H,1,6,8-10,12-13,21-22,36H2,2-4H3,(H,37,39)/b14-7-,28-11+. The predicted octanol–water partition coefficient (Wildman–Crippen LogP) is 8.15. The summed E-state index contributed by atoms with van der Waals surface area (Å²) >= 11 is 0. The van der Waals surface area contributed by atoms with Crippen molar-refractivity contribution >= 4 is 16.7 Å². The third-order valence-corrected chi connectivity index (χ3v) is 7.48. The topological polar surface area (TPSA) is 77.2 Å². The van der Waals surface area contributed by atoms with Crippen LogP contribution in [0, 0.1) is 5.92 Å². The van der Waals surface area contributed by atoms with Crippen molar-refractivity contribution in [3.05, 3.63) is 102 Å². The van der Waals surface area contributed by atoms with Gasteiger partial charge >= 0.3 is 0 Å². The molecule has 0 saturated heterocycles. The van der Waals surface area contributed by atoms with Crippen LogP contribution in [0.1, 0.15) is 81.0 Å². The van der Waals surface area contributed by atoms with Gasteiger partial charge in [0.05, 0.1) is 0 Å². The molecule has 0 spiro atoms. The Kier molecular flexibility index (Phi) is 9.81. The van der Waals surface area contributed by atoms with Gasteiger partial charge in [-0.1, -0.05) is 83.4 Å². The van der Waals surface area contributed by atoms with E-state index in [1.165, 1.54) is 31.2 Å². The number of nitrogens with two attached hydrogens (primary N) is 1. The summed E-state index contributed by atoms with van der Waals surface area (Å²) in [5.41, 5.74) is 9.32. The number of hydrogen-bond acceptors (Lipinski definition) is 4. The molecule has 1 aromatic heterocycles. The van der Waals surface area contributed by atoms with Crippen molar-refractivity contribution < 1.29 is 9.53 Å². The molecule has 0 atom stereocenters. The quantitative estimate of drug-likeness (QED) is 0.191. The number of carbonyl (C=O) groups excluding carboxylic acids is 1. The van der Waals surface area contributed by atoms with Gasteiger partial charge in [-0.15, -0.1) is 0 Å². The molecule has 1 aliphatic carbocycles. The number of pyridine rings is 1. The minimum absolute atomic E-state index is 0.0980. The Labute approximate surface area is 239 Å². The first kappa shape index (κ1) is 29.1. The van der Waals surface area contributed by atoms with Gasteiger partial charge in [0.2, 0.25) is 0 Å². The van der Waals surface area contributed by atoms with Crippen molar-refractivity contribution in [3.63, 3.8) is 0 Å². The van der Waals surface area contributed by atoms with Gasteiger partial charge in [-0.25, -0.2) is 4.98 Å². The summed E-state index contributed by atoms with van der Waals surface area (Å²) in [6.07, 6.45) is 14.8. The van der Waals surface area contributed by atoms with Crippen molar-refractivity contribution in [2.75, 3.05) is 6.54 Å². The summed E-state index contributed by atoms with van der Waals surface area (Å²) in [6, 6.07) is 16.3. The zero-order chi connectivity index (χ0) is 28.5. The second-order valence-electron chi connectivity index (χ2n) is 11.8. The number of aromatic nitrogens is 1. The number of allylic oxidation sites excluding steroid dienone is 4. The van der Waals surface area contributed by atoms with Crippen LogP contribution in [0.25, 0.3) is 10.8 Å². The Morgan fingerprint density at radius 2 is 1.82 bits per heavy atom. The molecule has 1 aliphatic rings. The Morgan fingerprint density at radius 1 is 1.10 bits per heavy atom. The van der Waals surface area contributed by atoms with Crippen LogP contribution in [0.2, 0.25) is 0 Å². The van der Waals surface area contributed by atoms with Gasteiger partial charge in [-0.2, -0.15) is 0 Å². The molecule has 5 heteroatoms. The van der Waals surface area contributed by atoms with Crippen LogP contribution in [0.15, 0.2) is 85.1 Å². The molecular weight excluding hydrogens is 494 g/mol. The van der Waals surface area contributed by atoms with E-state index in [1.807, 2.05) is 42.5 Å². The number of nitrogens with zero attached hydrogens (tertiary/aromatic N) is 1. The van der Waals surface area contributed by atoms with E-state index < -0.39 is 0 Å². The fourth-order valence-electron chi connectivity index (χ4n) is 5.20. The largest absolute Gasteiger partial charge is 0.457 e. The van der Waals surface area contributed by atoms with Crippen molar-refractivity contribution in [1.29, 1.82) is 0 Å². The molecule has 0 unspecified atom stereocenters. The number of amides is 1. The van der Waals surface area contributed by atoms with Crippen LogP contribution >= 0.6 is 0 Å². The van der Waals surface area contributed by atoms with E-state index in [4.69, 9.17) is 15.5 Å². The lowest BCUT2D eigenvalue weighted by atomic mass is 9.87. The molecule has 210 valence electrons. The van der Waals surface area contributed by atoms with Gasteiger partial charge in [-0.05, 0) is 84.0 Å². The third-order valence-electron chi connectivity index (χ3n) is 7.48. The molecule has 3 aromatic rings. The Bertz CT molecular complexity index is 1370. The van der Waals surface area contributed by atoms with Crippen molar-refractivity contribution in [2.45, 2.75) is 71.1 Å². The summed E-state index contributed by atoms with van der Waals surface area (Å²) in [4.78, 5) is 17.9. The Hall–Kier alpha value is -3.86. The van der Waals surface area contributed by atoms with Crippen LogP contribution in [-0.4, -0.2) is 17.4 Å². The molecule has 1 heterocycles. The van der Waals surface area contributed by atoms with E-state index >= 15 is 0 Å². The van der Waals surface area contributed by atoms with Gasteiger partial charge in [0.1, 0.15) is 17.2 Å². The van der Waals surface area contributed by atoms with Gasteiger partial charge in [-0.3, -0.25) is 4.79 Å². The van der Waals surface area contributed by atoms with Gasteiger partial charge in [0.25, 0.3) is 5.91 Å². The van der Waals surface area contributed by atoms with Crippen LogP contribution in [0.5, 0.6) is 11.5 Å². The first-order chi connectivity index (χ1) is 19.2. The lowest BCUT2D eigenvalue weighted by Crippen LogP contribution is -2.25. The van der Waals surface area contributed by atoms with Crippen molar-refractivity contribution in [3.8, 4) is 11.5 Å². The van der Waals surface area contributed by atoms with Gasteiger partial charge < -0.3 is 15.8 Å². The lowest BCUT2D eigenvalue weighted by molar-refractivity contribution is 0.0948. The highest BCUT2D eigenvalue weighted by molar-refractivity contribution is 5.97. The smallest absolute Gasteiger partial charge is 0.269 e. The zero-order valence-electron chi connectivity index (χ0n) is 24.2. The van der Waals surface area contributed by atoms with E-state index in [0.717, 1.165) is 47.2 Å². The lowest BCUT2D eigenvalue weighted by Gasteiger charge is -2.19. The number of rotatable bonds is 11. The highest BCUT2D eigenvalue weighted by atomic mass is 16.5. The van der Waals surface area contributed by atoms with E-state index in [9.17, 15) is 4.79 Å². The molecule has 40 heavy (non-hydrogen) atoms. The molecule has 1 amide bonds. The average Bonchev–Trinajstić information content (AvgIpc) is 3.44. The number of fused-ring (bicyclic) bond motifs is 1. The molecule has 5 nitrogen and oxygen atoms in total. The van der Waals surface area contributed by atoms with Crippen LogP contribution < -0.4 is 15.8 Å². The third kappa shape index (κ3) is 8.08. The summed E-state index contributed by atoms with van der Waals surface area (Å²) in [7, 11) is 0. The SMILES string of the molecule is C=C/C=C(N)\C=C/CCCNC(=O)c1cc2ccc(Oc3ccc(C(C)(C)C)cc3)cc2c(CC2CCCC2)n1. The average molecular weight is 538 g/mol. The molecule has 4 rings (SSSR count). The molecule has 0 aliphatic heterocycles. The van der Waals surface area contributed by atoms with Crippen LogP contribution in [-0.2, 0) is 11.8 Å². The fraction of sp³-hybridized carbons (Fsp3) is 0.371. The monoisotopic (exact) mass is 537 g/mol. The van der Waals surface area contributed by atoms with E-state index in [1.54, 1.807) is 12.2 Å². The molecule has 1 saturated carbocycles. The van der Waals surface area contributed by atoms with Crippen LogP contribution in [0.4, 0.5) is 0 Å². The highest BCUT2D eigenvalue weighted by Gasteiger charge is 2.20. The number of ether oxygens (including phenoxy) is 1. The summed E-state index contributed by atoms with van der Waals surface area (Å²) in [5, 5.41) is 5.10. The normalized spacial score (nSPS) is 14.6. The maximum atomic E-state index is 13.1. The maximum absolute atomic E-state index is 13.1. The van der Waals surface area contributed by atoms with Crippen molar-refractivity contribution in [2.24, 2.45) is 11.7 Å². The minimum atomic E-state index is -0.135. The van der Waals surface area contributed by atoms with Gasteiger partial charge in [0, 0.05) is 23.3 Å². The Morgan fingerprint density at radius 3 is 2.52 bits per heavy atom. The number of nitrogens with one attached hydrogen (secondary N) is 1. The number of carbonyl (C=O) groups is 1. The molecule has 1 fully saturated rings. The van der Waals surface area contributed by atoms with Crippen molar-refractivity contribution in [1.82, 2.24) is 10.3 Å². The van der Waals surface area contributed by atoms with E-state index in [0.29, 0.717) is 23.9 Å². The second-order valence-corrected chi connectivity index (χ2v) is 11.8. The predicted molar refractivity (Wildman–Crippen MR) is 166 cm³/mol. The summed E-state index contributed by atoms with van der Waals surface area (Å²) < 4.78 is 6.24. The molecule has 0 radical (unpaired) electrons. The first-order valence-electron chi connectivity index (χ1n) is 14.5. The number of unbranched alkanes of at least 4 members (excludes halogenated alkanes) is 1. The fourth-order valence-corrected chi connectivity index (χ4v) is 5.20. The summed E-state index contributed by atoms with van der Waals surface area (Å²) in [5.74, 6) is 2.06. The zero-order valence-corrected chi connectivity index (χ0v) is 24.2. The molecular formula is C35H43N3O2. The first-order valence-corrected chi connectivity index (χ1v) is 14.5. The van der Waals surface area contributed by atoms with Gasteiger partial charge in [0.15, 0.2) is 0 Å². The maximum Gasteiger partial charge on any atom is 0.269 e. The number of benzene rings is 2. The number of hydrogen-bond donors (Lipinski definition) is 2. The van der Waals surface area contributed by atoms with Crippen LogP contribution in [0.3, 0.4) is 0 Å². The van der Waals surface area contributed by atoms with E-state index in [-0.39, 0.29) is 11.3 Å². The summed E-state index contributed by atoms with van der Waals surface area (Å²) in [6.45, 7) is 10.8. The second kappa shape index (κ2) is 13.5. The minimum Gasteiger partial charge on any atom is -0.457 e. The van der Waals surface area contributed by atoms with E-state index in [2.05, 4.69) is 50.9 Å². The molecule has 0 bridgehead atoms.